The lowest BCUT2D eigenvalue weighted by Gasteiger charge is -2.22. The molecule has 2 atom stereocenters. The minimum atomic E-state index is -0.287. The Balaban J connectivity index is 1.47. The standard InChI is InChI=1S/C26H33N5O3/c1-16(2)21-9-10-27-15-23(21)33-19-8-7-18(12-19)22-14-24(31(29-22)26(4,5)6)28-25(32)13-20-11-17(3)30-34-20/h9-11,14-15,18-19H,1,7-8,12-13H2,2-6H3,(H,28,32)/t18-,19+/m0/s1. The molecule has 1 aliphatic carbocycles. The number of ether oxygens (including phenoxy) is 1. The van der Waals surface area contributed by atoms with Gasteiger partial charge in [-0.25, -0.2) is 4.68 Å². The fourth-order valence-electron chi connectivity index (χ4n) is 4.37. The third kappa shape index (κ3) is 5.38. The molecule has 0 saturated heterocycles. The molecule has 3 heterocycles. The molecule has 0 aromatic carbocycles. The van der Waals surface area contributed by atoms with Crippen LogP contribution >= 0.6 is 0 Å². The van der Waals surface area contributed by atoms with E-state index in [1.165, 1.54) is 0 Å². The van der Waals surface area contributed by atoms with Crippen LogP contribution in [-0.2, 0) is 16.8 Å². The summed E-state index contributed by atoms with van der Waals surface area (Å²) in [4.78, 5) is 16.9. The van der Waals surface area contributed by atoms with Crippen LogP contribution in [0.25, 0.3) is 5.57 Å². The molecular formula is C26H33N5O3. The van der Waals surface area contributed by atoms with Crippen molar-refractivity contribution in [3.63, 3.8) is 0 Å². The van der Waals surface area contributed by atoms with Crippen LogP contribution < -0.4 is 10.1 Å². The van der Waals surface area contributed by atoms with Gasteiger partial charge in [-0.1, -0.05) is 11.7 Å². The van der Waals surface area contributed by atoms with Gasteiger partial charge in [-0.3, -0.25) is 9.78 Å². The van der Waals surface area contributed by atoms with Gasteiger partial charge in [-0.05, 0) is 65.5 Å². The maximum Gasteiger partial charge on any atom is 0.233 e. The molecule has 1 N–H and O–H groups in total. The predicted octanol–water partition coefficient (Wildman–Crippen LogP) is 5.26. The molecule has 0 unspecified atom stereocenters. The molecule has 0 radical (unpaired) electrons. The number of carbonyl (C=O) groups is 1. The van der Waals surface area contributed by atoms with E-state index < -0.39 is 0 Å². The number of hydrogen-bond acceptors (Lipinski definition) is 6. The number of nitrogens with zero attached hydrogens (tertiary/aromatic N) is 4. The minimum absolute atomic E-state index is 0.0832. The maximum absolute atomic E-state index is 12.7. The molecule has 1 aliphatic rings. The Morgan fingerprint density at radius 1 is 1.32 bits per heavy atom. The molecule has 4 rings (SSSR count). The van der Waals surface area contributed by atoms with Crippen molar-refractivity contribution in [2.75, 3.05) is 5.32 Å². The van der Waals surface area contributed by atoms with Crippen molar-refractivity contribution in [2.45, 2.75) is 77.9 Å². The highest BCUT2D eigenvalue weighted by atomic mass is 16.5. The SMILES string of the molecule is C=C(C)c1ccncc1O[C@@H]1CC[C@H](c2cc(NC(=O)Cc3cc(C)no3)n(C(C)(C)C)n2)C1. The van der Waals surface area contributed by atoms with Crippen molar-refractivity contribution in [2.24, 2.45) is 0 Å². The highest BCUT2D eigenvalue weighted by Gasteiger charge is 2.32. The van der Waals surface area contributed by atoms with Crippen LogP contribution in [0.15, 0.2) is 41.7 Å². The van der Waals surface area contributed by atoms with Gasteiger partial charge in [0, 0.05) is 29.8 Å². The summed E-state index contributed by atoms with van der Waals surface area (Å²) in [7, 11) is 0. The number of aryl methyl sites for hydroxylation is 1. The first-order valence-corrected chi connectivity index (χ1v) is 11.7. The molecule has 3 aromatic rings. The third-order valence-corrected chi connectivity index (χ3v) is 5.98. The lowest BCUT2D eigenvalue weighted by atomic mass is 10.0. The zero-order valence-electron chi connectivity index (χ0n) is 20.6. The normalized spacial score (nSPS) is 18.1. The number of allylic oxidation sites excluding steroid dienone is 1. The maximum atomic E-state index is 12.7. The first-order chi connectivity index (χ1) is 16.1. The average molecular weight is 464 g/mol. The van der Waals surface area contributed by atoms with Crippen LogP contribution in [0.5, 0.6) is 5.75 Å². The van der Waals surface area contributed by atoms with Gasteiger partial charge in [-0.2, -0.15) is 5.10 Å². The Kier molecular flexibility index (Phi) is 6.59. The van der Waals surface area contributed by atoms with Crippen molar-refractivity contribution in [1.82, 2.24) is 19.9 Å². The summed E-state index contributed by atoms with van der Waals surface area (Å²) in [5.41, 5.74) is 3.38. The molecule has 0 spiro atoms. The van der Waals surface area contributed by atoms with Crippen LogP contribution in [0.3, 0.4) is 0 Å². The van der Waals surface area contributed by atoms with E-state index in [-0.39, 0.29) is 29.9 Å². The summed E-state index contributed by atoms with van der Waals surface area (Å²) in [6.07, 6.45) is 6.49. The van der Waals surface area contributed by atoms with Gasteiger partial charge in [0.05, 0.1) is 35.6 Å². The lowest BCUT2D eigenvalue weighted by Crippen LogP contribution is -2.27. The quantitative estimate of drug-likeness (QED) is 0.514. The summed E-state index contributed by atoms with van der Waals surface area (Å²) >= 11 is 0. The topological polar surface area (TPSA) is 95.1 Å². The molecule has 1 saturated carbocycles. The summed E-state index contributed by atoms with van der Waals surface area (Å²) in [6, 6.07) is 5.70. The highest BCUT2D eigenvalue weighted by Crippen LogP contribution is 2.38. The van der Waals surface area contributed by atoms with Crippen molar-refractivity contribution in [3.05, 3.63) is 59.9 Å². The van der Waals surface area contributed by atoms with E-state index in [9.17, 15) is 4.79 Å². The van der Waals surface area contributed by atoms with E-state index in [0.29, 0.717) is 11.6 Å². The number of anilines is 1. The lowest BCUT2D eigenvalue weighted by molar-refractivity contribution is -0.115. The van der Waals surface area contributed by atoms with E-state index in [4.69, 9.17) is 14.4 Å². The van der Waals surface area contributed by atoms with Gasteiger partial charge in [0.25, 0.3) is 0 Å². The molecular weight excluding hydrogens is 430 g/mol. The van der Waals surface area contributed by atoms with E-state index >= 15 is 0 Å². The molecule has 3 aromatic heterocycles. The third-order valence-electron chi connectivity index (χ3n) is 5.98. The van der Waals surface area contributed by atoms with Crippen LogP contribution in [0.4, 0.5) is 5.82 Å². The van der Waals surface area contributed by atoms with E-state index in [2.05, 4.69) is 42.8 Å². The smallest absolute Gasteiger partial charge is 0.233 e. The fraction of sp³-hybridized carbons (Fsp3) is 0.462. The zero-order chi connectivity index (χ0) is 24.5. The van der Waals surface area contributed by atoms with E-state index in [1.54, 1.807) is 18.5 Å². The molecule has 8 heteroatoms. The molecule has 1 amide bonds. The van der Waals surface area contributed by atoms with E-state index in [1.807, 2.05) is 30.7 Å². The Hall–Kier alpha value is -3.42. The summed E-state index contributed by atoms with van der Waals surface area (Å²) in [6.45, 7) is 14.1. The number of carbonyl (C=O) groups excluding carboxylic acids is 1. The van der Waals surface area contributed by atoms with Gasteiger partial charge in [0.2, 0.25) is 5.91 Å². The molecule has 0 aliphatic heterocycles. The summed E-state index contributed by atoms with van der Waals surface area (Å²) in [5, 5.41) is 11.8. The predicted molar refractivity (Wildman–Crippen MR) is 131 cm³/mol. The van der Waals surface area contributed by atoms with Crippen molar-refractivity contribution in [1.29, 1.82) is 0 Å². The van der Waals surface area contributed by atoms with Gasteiger partial charge in [0.15, 0.2) is 0 Å². The Bertz CT molecular complexity index is 1190. The zero-order valence-corrected chi connectivity index (χ0v) is 20.6. The summed E-state index contributed by atoms with van der Waals surface area (Å²) in [5.74, 6) is 2.09. The van der Waals surface area contributed by atoms with Crippen LogP contribution in [0.2, 0.25) is 0 Å². The monoisotopic (exact) mass is 463 g/mol. The second-order valence-corrected chi connectivity index (χ2v) is 10.1. The first kappa shape index (κ1) is 23.7. The van der Waals surface area contributed by atoms with Gasteiger partial charge in [-0.15, -0.1) is 0 Å². The van der Waals surface area contributed by atoms with Crippen LogP contribution in [0.1, 0.15) is 75.6 Å². The molecule has 1 fully saturated rings. The molecule has 180 valence electrons. The van der Waals surface area contributed by atoms with Gasteiger partial charge < -0.3 is 14.6 Å². The second kappa shape index (κ2) is 9.44. The number of hydrogen-bond donors (Lipinski definition) is 1. The Morgan fingerprint density at radius 2 is 2.12 bits per heavy atom. The minimum Gasteiger partial charge on any atom is -0.488 e. The number of rotatable bonds is 7. The molecule has 8 nitrogen and oxygen atoms in total. The second-order valence-electron chi connectivity index (χ2n) is 10.1. The fourth-order valence-corrected chi connectivity index (χ4v) is 4.37. The van der Waals surface area contributed by atoms with Crippen molar-refractivity contribution >= 4 is 17.3 Å². The van der Waals surface area contributed by atoms with E-state index in [0.717, 1.165) is 47.5 Å². The molecule has 34 heavy (non-hydrogen) atoms. The largest absolute Gasteiger partial charge is 0.488 e. The van der Waals surface area contributed by atoms with Gasteiger partial charge in [0.1, 0.15) is 17.3 Å². The number of pyridine rings is 1. The van der Waals surface area contributed by atoms with Crippen LogP contribution in [-0.4, -0.2) is 31.9 Å². The average Bonchev–Trinajstić information content (AvgIpc) is 3.48. The number of aromatic nitrogens is 4. The Morgan fingerprint density at radius 3 is 2.79 bits per heavy atom. The highest BCUT2D eigenvalue weighted by molar-refractivity contribution is 5.91. The van der Waals surface area contributed by atoms with Crippen LogP contribution in [0, 0.1) is 6.92 Å². The van der Waals surface area contributed by atoms with Gasteiger partial charge >= 0.3 is 0 Å². The first-order valence-electron chi connectivity index (χ1n) is 11.7. The number of nitrogens with one attached hydrogen (secondary N) is 1. The summed E-state index contributed by atoms with van der Waals surface area (Å²) < 4.78 is 13.4. The van der Waals surface area contributed by atoms with Crippen molar-refractivity contribution < 1.29 is 14.1 Å². The Labute approximate surface area is 200 Å². The molecule has 0 bridgehead atoms. The van der Waals surface area contributed by atoms with Crippen molar-refractivity contribution in [3.8, 4) is 5.75 Å². The number of amides is 1.